The zero-order valence-electron chi connectivity index (χ0n) is 12.0. The Morgan fingerprint density at radius 3 is 2.45 bits per heavy atom. The lowest BCUT2D eigenvalue weighted by Crippen LogP contribution is -2.30. The Balaban J connectivity index is 3.34. The van der Waals surface area contributed by atoms with E-state index in [0.717, 1.165) is 4.31 Å². The number of rotatable bonds is 6. The molecule has 0 bridgehead atoms. The lowest BCUT2D eigenvalue weighted by molar-refractivity contribution is -0.387. The number of hydrogen-bond acceptors (Lipinski definition) is 5. The number of benzene rings is 1. The second-order valence-corrected chi connectivity index (χ2v) is 6.88. The van der Waals surface area contributed by atoms with Crippen LogP contribution >= 0.6 is 0 Å². The van der Waals surface area contributed by atoms with Gasteiger partial charge >= 0.3 is 0 Å². The highest BCUT2D eigenvalue weighted by Crippen LogP contribution is 2.29. The standard InChI is InChI=1S/C12H19N3O4S/c1-9(2)8-14(4)20(18,19)12-6-5-10(13-3)7-11(12)15(16)17/h5-7,9,13H,8H2,1-4H3. The van der Waals surface area contributed by atoms with Gasteiger partial charge in [0, 0.05) is 32.4 Å². The molecule has 1 rings (SSSR count). The summed E-state index contributed by atoms with van der Waals surface area (Å²) in [5, 5.41) is 13.8. The highest BCUT2D eigenvalue weighted by Gasteiger charge is 2.30. The molecule has 0 radical (unpaired) electrons. The van der Waals surface area contributed by atoms with Crippen molar-refractivity contribution in [1.82, 2.24) is 4.31 Å². The van der Waals surface area contributed by atoms with Crippen LogP contribution in [0, 0.1) is 16.0 Å². The van der Waals surface area contributed by atoms with Gasteiger partial charge in [0.2, 0.25) is 10.0 Å². The highest BCUT2D eigenvalue weighted by molar-refractivity contribution is 7.89. The molecule has 0 amide bonds. The first-order valence-electron chi connectivity index (χ1n) is 6.12. The van der Waals surface area contributed by atoms with Crippen LogP contribution in [-0.4, -0.2) is 38.3 Å². The first kappa shape index (κ1) is 16.4. The average Bonchev–Trinajstić information content (AvgIpc) is 2.36. The molecule has 20 heavy (non-hydrogen) atoms. The van der Waals surface area contributed by atoms with Gasteiger partial charge in [0.05, 0.1) is 4.92 Å². The maximum atomic E-state index is 12.4. The molecule has 1 aromatic rings. The molecule has 0 aromatic heterocycles. The molecule has 0 saturated heterocycles. The van der Waals surface area contributed by atoms with E-state index in [1.165, 1.54) is 25.2 Å². The number of sulfonamides is 1. The van der Waals surface area contributed by atoms with E-state index in [-0.39, 0.29) is 10.8 Å². The second-order valence-electron chi connectivity index (χ2n) is 4.87. The highest BCUT2D eigenvalue weighted by atomic mass is 32.2. The van der Waals surface area contributed by atoms with Crippen molar-refractivity contribution < 1.29 is 13.3 Å². The summed E-state index contributed by atoms with van der Waals surface area (Å²) >= 11 is 0. The van der Waals surface area contributed by atoms with E-state index < -0.39 is 20.6 Å². The lowest BCUT2D eigenvalue weighted by Gasteiger charge is -2.19. The smallest absolute Gasteiger partial charge is 0.291 e. The third-order valence-corrected chi connectivity index (χ3v) is 4.63. The molecule has 0 heterocycles. The first-order chi connectivity index (χ1) is 9.20. The molecule has 0 aliphatic rings. The number of nitrogens with zero attached hydrogens (tertiary/aromatic N) is 2. The predicted molar refractivity (Wildman–Crippen MR) is 77.3 cm³/mol. The minimum absolute atomic E-state index is 0.130. The van der Waals surface area contributed by atoms with Gasteiger partial charge in [-0.05, 0) is 18.1 Å². The molecule has 0 unspecified atom stereocenters. The minimum Gasteiger partial charge on any atom is -0.388 e. The van der Waals surface area contributed by atoms with Crippen LogP contribution in [0.5, 0.6) is 0 Å². The molecule has 112 valence electrons. The van der Waals surface area contributed by atoms with Crippen molar-refractivity contribution in [3.8, 4) is 0 Å². The van der Waals surface area contributed by atoms with Crippen LogP contribution in [-0.2, 0) is 10.0 Å². The maximum absolute atomic E-state index is 12.4. The van der Waals surface area contributed by atoms with Crippen LogP contribution in [0.4, 0.5) is 11.4 Å². The van der Waals surface area contributed by atoms with Crippen molar-refractivity contribution in [3.05, 3.63) is 28.3 Å². The second kappa shape index (κ2) is 6.19. The Bertz CT molecular complexity index is 599. The first-order valence-corrected chi connectivity index (χ1v) is 7.56. The van der Waals surface area contributed by atoms with Crippen LogP contribution in [0.1, 0.15) is 13.8 Å². The minimum atomic E-state index is -3.87. The van der Waals surface area contributed by atoms with Gasteiger partial charge in [-0.1, -0.05) is 13.8 Å². The van der Waals surface area contributed by atoms with Gasteiger partial charge in [0.25, 0.3) is 5.69 Å². The monoisotopic (exact) mass is 301 g/mol. The van der Waals surface area contributed by atoms with Crippen LogP contribution in [0.2, 0.25) is 0 Å². The van der Waals surface area contributed by atoms with Gasteiger partial charge in [-0.25, -0.2) is 12.7 Å². The van der Waals surface area contributed by atoms with E-state index in [0.29, 0.717) is 12.2 Å². The van der Waals surface area contributed by atoms with Crippen molar-refractivity contribution >= 4 is 21.4 Å². The van der Waals surface area contributed by atoms with Crippen LogP contribution in [0.15, 0.2) is 23.1 Å². The SMILES string of the molecule is CNc1ccc(S(=O)(=O)N(C)CC(C)C)c([N+](=O)[O-])c1. The Morgan fingerprint density at radius 2 is 2.00 bits per heavy atom. The summed E-state index contributed by atoms with van der Waals surface area (Å²) in [4.78, 5) is 10.1. The summed E-state index contributed by atoms with van der Waals surface area (Å²) in [5.41, 5.74) is 0.0645. The lowest BCUT2D eigenvalue weighted by atomic mass is 10.2. The Labute approximate surface area is 118 Å². The van der Waals surface area contributed by atoms with E-state index >= 15 is 0 Å². The molecule has 0 spiro atoms. The molecule has 0 aliphatic carbocycles. The summed E-state index contributed by atoms with van der Waals surface area (Å²) < 4.78 is 25.9. The molecular weight excluding hydrogens is 282 g/mol. The molecule has 7 nitrogen and oxygen atoms in total. The fourth-order valence-electron chi connectivity index (χ4n) is 1.81. The number of nitrogens with one attached hydrogen (secondary N) is 1. The zero-order valence-corrected chi connectivity index (χ0v) is 12.8. The van der Waals surface area contributed by atoms with Crippen molar-refractivity contribution in [2.75, 3.05) is 26.0 Å². The van der Waals surface area contributed by atoms with Gasteiger partial charge in [-0.2, -0.15) is 0 Å². The van der Waals surface area contributed by atoms with Crippen molar-refractivity contribution in [1.29, 1.82) is 0 Å². The van der Waals surface area contributed by atoms with Gasteiger partial charge in [0.15, 0.2) is 4.90 Å². The number of hydrogen-bond donors (Lipinski definition) is 1. The Hall–Kier alpha value is -1.67. The molecule has 1 N–H and O–H groups in total. The summed E-state index contributed by atoms with van der Waals surface area (Å²) in [6.45, 7) is 4.06. The molecular formula is C12H19N3O4S. The molecule has 1 aromatic carbocycles. The Morgan fingerprint density at radius 1 is 1.40 bits per heavy atom. The topological polar surface area (TPSA) is 92.6 Å². The van der Waals surface area contributed by atoms with Gasteiger partial charge in [-0.3, -0.25) is 10.1 Å². The van der Waals surface area contributed by atoms with Gasteiger partial charge < -0.3 is 5.32 Å². The summed E-state index contributed by atoms with van der Waals surface area (Å²) in [6.07, 6.45) is 0. The third kappa shape index (κ3) is 3.45. The van der Waals surface area contributed by atoms with Crippen molar-refractivity contribution in [2.45, 2.75) is 18.7 Å². The molecule has 0 fully saturated rings. The number of anilines is 1. The number of nitro benzene ring substituents is 1. The van der Waals surface area contributed by atoms with E-state index in [1.54, 1.807) is 7.05 Å². The largest absolute Gasteiger partial charge is 0.388 e. The van der Waals surface area contributed by atoms with E-state index in [2.05, 4.69) is 5.32 Å². The molecule has 8 heteroatoms. The van der Waals surface area contributed by atoms with E-state index in [4.69, 9.17) is 0 Å². The van der Waals surface area contributed by atoms with Crippen LogP contribution < -0.4 is 5.32 Å². The fraction of sp³-hybridized carbons (Fsp3) is 0.500. The van der Waals surface area contributed by atoms with Crippen molar-refractivity contribution in [2.24, 2.45) is 5.92 Å². The summed E-state index contributed by atoms with van der Waals surface area (Å²) in [7, 11) is -0.840. The fourth-order valence-corrected chi connectivity index (χ4v) is 3.28. The molecule has 0 saturated carbocycles. The normalized spacial score (nSPS) is 11.9. The quantitative estimate of drug-likeness (QED) is 0.640. The molecule has 0 aliphatic heterocycles. The van der Waals surface area contributed by atoms with E-state index in [1.807, 2.05) is 13.8 Å². The van der Waals surface area contributed by atoms with E-state index in [9.17, 15) is 18.5 Å². The summed E-state index contributed by atoms with van der Waals surface area (Å²) in [5.74, 6) is 0.130. The van der Waals surface area contributed by atoms with Crippen molar-refractivity contribution in [3.63, 3.8) is 0 Å². The number of nitro groups is 1. The molecule has 0 atom stereocenters. The summed E-state index contributed by atoms with van der Waals surface area (Å²) in [6, 6.07) is 3.98. The Kier molecular flexibility index (Phi) is 5.07. The third-order valence-electron chi connectivity index (χ3n) is 2.75. The van der Waals surface area contributed by atoms with Crippen LogP contribution in [0.3, 0.4) is 0 Å². The van der Waals surface area contributed by atoms with Gasteiger partial charge in [-0.15, -0.1) is 0 Å². The van der Waals surface area contributed by atoms with Crippen LogP contribution in [0.25, 0.3) is 0 Å². The maximum Gasteiger partial charge on any atom is 0.291 e. The van der Waals surface area contributed by atoms with Gasteiger partial charge in [0.1, 0.15) is 0 Å². The predicted octanol–water partition coefficient (Wildman–Crippen LogP) is 1.91. The zero-order chi connectivity index (χ0) is 15.5. The average molecular weight is 301 g/mol.